The van der Waals surface area contributed by atoms with Gasteiger partial charge in [0.2, 0.25) is 0 Å². The molecule has 1 aliphatic heterocycles. The van der Waals surface area contributed by atoms with Gasteiger partial charge in [0, 0.05) is 13.1 Å². The number of piperidine rings is 1. The summed E-state index contributed by atoms with van der Waals surface area (Å²) < 4.78 is 17.6. The molecule has 0 aliphatic carbocycles. The van der Waals surface area contributed by atoms with Crippen molar-refractivity contribution in [1.82, 2.24) is 4.90 Å². The van der Waals surface area contributed by atoms with Crippen molar-refractivity contribution in [1.29, 1.82) is 0 Å². The summed E-state index contributed by atoms with van der Waals surface area (Å²) in [6.45, 7) is 3.02. The van der Waals surface area contributed by atoms with Crippen LogP contribution < -0.4 is 0 Å². The lowest BCUT2D eigenvalue weighted by Gasteiger charge is -2.36. The van der Waals surface area contributed by atoms with E-state index in [1.54, 1.807) is 0 Å². The van der Waals surface area contributed by atoms with Crippen molar-refractivity contribution in [3.8, 4) is 0 Å². The number of halogens is 1. The largest absolute Gasteiger partial charge is 0.481 e. The first-order valence-electron chi connectivity index (χ1n) is 5.38. The molecule has 96 valence electrons. The first-order valence-corrected chi connectivity index (χ1v) is 5.38. The van der Waals surface area contributed by atoms with Gasteiger partial charge in [-0.3, -0.25) is 4.79 Å². The molecule has 0 radical (unpaired) electrons. The highest BCUT2D eigenvalue weighted by molar-refractivity contribution is 5.75. The fourth-order valence-electron chi connectivity index (χ4n) is 1.74. The Hall–Kier alpha value is -1.59. The van der Waals surface area contributed by atoms with E-state index in [1.807, 2.05) is 0 Å². The topological polar surface area (TPSA) is 66.8 Å². The standard InChI is InChI=1S/C11H16FNO4/c1-2-7-17-10(16)13-5-3-11(8-12,4-6-13)9(14)15/h2H,1,3-8H2,(H,14,15). The average Bonchev–Trinajstić information content (AvgIpc) is 2.35. The Kier molecular flexibility index (Phi) is 4.48. The molecule has 1 rings (SSSR count). The third kappa shape index (κ3) is 2.95. The lowest BCUT2D eigenvalue weighted by molar-refractivity contribution is -0.153. The molecule has 0 atom stereocenters. The second kappa shape index (κ2) is 5.65. The number of nitrogens with zero attached hydrogens (tertiary/aromatic N) is 1. The molecule has 0 bridgehead atoms. The van der Waals surface area contributed by atoms with Gasteiger partial charge in [-0.25, -0.2) is 9.18 Å². The van der Waals surface area contributed by atoms with Crippen LogP contribution in [0.3, 0.4) is 0 Å². The number of carbonyl (C=O) groups is 2. The zero-order chi connectivity index (χ0) is 12.9. The van der Waals surface area contributed by atoms with Crippen molar-refractivity contribution in [3.05, 3.63) is 12.7 Å². The summed E-state index contributed by atoms with van der Waals surface area (Å²) in [5, 5.41) is 8.97. The van der Waals surface area contributed by atoms with Gasteiger partial charge in [-0.05, 0) is 12.8 Å². The van der Waals surface area contributed by atoms with Crippen LogP contribution in [-0.4, -0.2) is 48.4 Å². The van der Waals surface area contributed by atoms with Crippen LogP contribution in [0.25, 0.3) is 0 Å². The van der Waals surface area contributed by atoms with E-state index in [9.17, 15) is 14.0 Å². The number of likely N-dealkylation sites (tertiary alicyclic amines) is 1. The number of rotatable bonds is 4. The van der Waals surface area contributed by atoms with E-state index in [0.29, 0.717) is 0 Å². The van der Waals surface area contributed by atoms with Crippen LogP contribution in [0.15, 0.2) is 12.7 Å². The molecule has 5 nitrogen and oxygen atoms in total. The average molecular weight is 245 g/mol. The molecule has 0 aromatic rings. The second-order valence-corrected chi connectivity index (χ2v) is 4.07. The molecule has 1 N–H and O–H groups in total. The summed E-state index contributed by atoms with van der Waals surface area (Å²) in [4.78, 5) is 23.8. The Morgan fingerprint density at radius 3 is 2.47 bits per heavy atom. The molecule has 0 saturated carbocycles. The maximum atomic E-state index is 12.8. The van der Waals surface area contributed by atoms with Crippen molar-refractivity contribution in [2.75, 3.05) is 26.4 Å². The summed E-state index contributed by atoms with van der Waals surface area (Å²) in [7, 11) is 0. The molecular formula is C11H16FNO4. The first kappa shape index (κ1) is 13.5. The first-order chi connectivity index (χ1) is 8.05. The van der Waals surface area contributed by atoms with Crippen molar-refractivity contribution < 1.29 is 23.8 Å². The number of amides is 1. The van der Waals surface area contributed by atoms with E-state index in [4.69, 9.17) is 9.84 Å². The minimum atomic E-state index is -1.34. The van der Waals surface area contributed by atoms with Gasteiger partial charge in [-0.2, -0.15) is 0 Å². The molecule has 0 spiro atoms. The Labute approximate surface area is 98.8 Å². The molecule has 1 amide bonds. The van der Waals surface area contributed by atoms with E-state index in [2.05, 4.69) is 6.58 Å². The van der Waals surface area contributed by atoms with Crippen LogP contribution in [0.1, 0.15) is 12.8 Å². The van der Waals surface area contributed by atoms with Gasteiger partial charge in [-0.15, -0.1) is 0 Å². The maximum Gasteiger partial charge on any atom is 0.410 e. The van der Waals surface area contributed by atoms with Crippen molar-refractivity contribution in [3.63, 3.8) is 0 Å². The predicted molar refractivity (Wildman–Crippen MR) is 58.4 cm³/mol. The number of carbonyl (C=O) groups excluding carboxylic acids is 1. The number of alkyl halides is 1. The Bertz CT molecular complexity index is 311. The fourth-order valence-corrected chi connectivity index (χ4v) is 1.74. The smallest absolute Gasteiger partial charge is 0.410 e. The maximum absolute atomic E-state index is 12.8. The van der Waals surface area contributed by atoms with Crippen LogP contribution in [-0.2, 0) is 9.53 Å². The summed E-state index contributed by atoms with van der Waals surface area (Å²) in [6.07, 6.45) is 1.16. The number of carboxylic acids is 1. The number of aliphatic carboxylic acids is 1. The third-order valence-electron chi connectivity index (χ3n) is 3.01. The molecule has 0 unspecified atom stereocenters. The third-order valence-corrected chi connectivity index (χ3v) is 3.01. The SMILES string of the molecule is C=CCOC(=O)N1CCC(CF)(C(=O)O)CC1. The Balaban J connectivity index is 2.52. The molecule has 1 fully saturated rings. The highest BCUT2D eigenvalue weighted by Crippen LogP contribution is 2.32. The van der Waals surface area contributed by atoms with E-state index >= 15 is 0 Å². The van der Waals surface area contributed by atoms with Crippen LogP contribution >= 0.6 is 0 Å². The van der Waals surface area contributed by atoms with E-state index in [1.165, 1.54) is 11.0 Å². The fraction of sp³-hybridized carbons (Fsp3) is 0.636. The van der Waals surface area contributed by atoms with Gasteiger partial charge in [0.1, 0.15) is 13.3 Å². The molecule has 1 heterocycles. The number of ether oxygens (including phenoxy) is 1. The van der Waals surface area contributed by atoms with Crippen molar-refractivity contribution >= 4 is 12.1 Å². The predicted octanol–water partition coefficient (Wildman–Crippen LogP) is 1.45. The quantitative estimate of drug-likeness (QED) is 0.761. The van der Waals surface area contributed by atoms with Crippen LogP contribution in [0.4, 0.5) is 9.18 Å². The molecule has 17 heavy (non-hydrogen) atoms. The summed E-state index contributed by atoms with van der Waals surface area (Å²) >= 11 is 0. The second-order valence-electron chi connectivity index (χ2n) is 4.07. The van der Waals surface area contributed by atoms with E-state index in [0.717, 1.165) is 0 Å². The minimum Gasteiger partial charge on any atom is -0.481 e. The Morgan fingerprint density at radius 2 is 2.06 bits per heavy atom. The van der Waals surface area contributed by atoms with Gasteiger partial charge in [0.25, 0.3) is 0 Å². The zero-order valence-electron chi connectivity index (χ0n) is 9.52. The monoisotopic (exact) mass is 245 g/mol. The van der Waals surface area contributed by atoms with Crippen LogP contribution in [0.5, 0.6) is 0 Å². The van der Waals surface area contributed by atoms with E-state index < -0.39 is 24.2 Å². The highest BCUT2D eigenvalue weighted by atomic mass is 19.1. The molecule has 1 saturated heterocycles. The molecule has 0 aromatic carbocycles. The lowest BCUT2D eigenvalue weighted by atomic mass is 9.80. The van der Waals surface area contributed by atoms with Gasteiger partial charge in [-0.1, -0.05) is 12.7 Å². The minimum absolute atomic E-state index is 0.113. The normalized spacial score (nSPS) is 18.5. The summed E-state index contributed by atoms with van der Waals surface area (Å²) in [5.41, 5.74) is -1.34. The number of hydrogen-bond acceptors (Lipinski definition) is 3. The summed E-state index contributed by atoms with van der Waals surface area (Å²) in [5.74, 6) is -1.14. The van der Waals surface area contributed by atoms with Gasteiger partial charge < -0.3 is 14.7 Å². The molecule has 1 aliphatic rings. The molecule has 0 aromatic heterocycles. The van der Waals surface area contributed by atoms with Crippen molar-refractivity contribution in [2.24, 2.45) is 5.41 Å². The van der Waals surface area contributed by atoms with E-state index in [-0.39, 0.29) is 32.5 Å². The molecular weight excluding hydrogens is 229 g/mol. The van der Waals surface area contributed by atoms with Gasteiger partial charge in [0.15, 0.2) is 0 Å². The lowest BCUT2D eigenvalue weighted by Crippen LogP contribution is -2.47. The van der Waals surface area contributed by atoms with Gasteiger partial charge in [0.05, 0.1) is 5.41 Å². The summed E-state index contributed by atoms with van der Waals surface area (Å²) in [6, 6.07) is 0. The van der Waals surface area contributed by atoms with Crippen LogP contribution in [0.2, 0.25) is 0 Å². The number of hydrogen-bond donors (Lipinski definition) is 1. The zero-order valence-corrected chi connectivity index (χ0v) is 9.52. The Morgan fingerprint density at radius 1 is 1.47 bits per heavy atom. The van der Waals surface area contributed by atoms with Crippen molar-refractivity contribution in [2.45, 2.75) is 12.8 Å². The molecule has 6 heteroatoms. The highest BCUT2D eigenvalue weighted by Gasteiger charge is 2.42. The number of carboxylic acid groups (broad SMARTS) is 1. The van der Waals surface area contributed by atoms with Crippen LogP contribution in [0, 0.1) is 5.41 Å². The van der Waals surface area contributed by atoms with Gasteiger partial charge >= 0.3 is 12.1 Å².